The lowest BCUT2D eigenvalue weighted by atomic mass is 10.0. The minimum Gasteiger partial charge on any atom is -0.481 e. The predicted molar refractivity (Wildman–Crippen MR) is 475 cm³/mol. The second kappa shape index (κ2) is 59.7. The van der Waals surface area contributed by atoms with Gasteiger partial charge in [0, 0.05) is 49.5 Å². The number of rotatable bonds is 65. The van der Waals surface area contributed by atoms with Crippen LogP contribution < -0.4 is 104 Å². The molecule has 0 aliphatic rings. The third-order valence-electron chi connectivity index (χ3n) is 20.8. The van der Waals surface area contributed by atoms with Gasteiger partial charge in [0.1, 0.15) is 72.5 Å². The number of H-pyrrole nitrogens is 1. The van der Waals surface area contributed by atoms with Crippen LogP contribution in [-0.4, -0.2) is 215 Å². The Kier molecular flexibility index (Phi) is 51.6. The fraction of sp³-hybridized carbons (Fsp3) is 0.651. The Morgan fingerprint density at radius 2 is 0.766 bits per heavy atom. The molecule has 13 atom stereocenters. The number of unbranched alkanes of at least 4 members (excludes halogenated alkanes) is 14. The van der Waals surface area contributed by atoms with Gasteiger partial charge in [-0.15, -0.1) is 0 Å². The highest BCUT2D eigenvalue weighted by molar-refractivity contribution is 6.01. The lowest BCUT2D eigenvalue weighted by molar-refractivity contribution is -0.141. The number of carbonyl (C=O) groups is 14. The monoisotopic (exact) mass is 1740 g/mol. The van der Waals surface area contributed by atoms with Crippen molar-refractivity contribution in [1.29, 1.82) is 0 Å². The summed E-state index contributed by atoms with van der Waals surface area (Å²) in [7, 11) is 0. The van der Waals surface area contributed by atoms with Gasteiger partial charge < -0.3 is 119 Å². The average molecular weight is 1740 g/mol. The number of carboxylic acid groups (broad SMARTS) is 1. The maximum absolute atomic E-state index is 14.9. The first-order valence-electron chi connectivity index (χ1n) is 43.9. The minimum absolute atomic E-state index is 0.00261. The number of benzene rings is 2. The number of aromatic amines is 1. The Morgan fingerprint density at radius 3 is 1.23 bits per heavy atom. The maximum atomic E-state index is 14.9. The lowest BCUT2D eigenvalue weighted by Crippen LogP contribution is -2.61. The molecule has 0 aliphatic carbocycles. The molecule has 0 spiro atoms. The maximum Gasteiger partial charge on any atom is 0.305 e. The number of amides is 13. The van der Waals surface area contributed by atoms with E-state index in [2.05, 4.69) is 85.7 Å². The molecule has 694 valence electrons. The van der Waals surface area contributed by atoms with Gasteiger partial charge in [0.05, 0.1) is 12.5 Å². The van der Waals surface area contributed by atoms with Gasteiger partial charge in [-0.3, -0.25) is 77.1 Å². The van der Waals surface area contributed by atoms with Crippen molar-refractivity contribution >= 4 is 106 Å². The first-order valence-corrected chi connectivity index (χ1v) is 43.9. The average Bonchev–Trinajstić information content (AvgIpc) is 1.66. The van der Waals surface area contributed by atoms with Crippen LogP contribution in [0.4, 0.5) is 0 Å². The van der Waals surface area contributed by atoms with Crippen LogP contribution in [0.15, 0.2) is 70.8 Å². The zero-order valence-corrected chi connectivity index (χ0v) is 73.8. The van der Waals surface area contributed by atoms with Crippen molar-refractivity contribution in [2.75, 3.05) is 26.2 Å². The van der Waals surface area contributed by atoms with Gasteiger partial charge in [-0.2, -0.15) is 0 Å². The van der Waals surface area contributed by atoms with Crippen LogP contribution in [-0.2, 0) is 80.0 Å². The van der Waals surface area contributed by atoms with Gasteiger partial charge in [0.25, 0.3) is 0 Å². The number of aromatic nitrogens is 1. The largest absolute Gasteiger partial charge is 0.481 e. The Balaban J connectivity index is 1.88. The van der Waals surface area contributed by atoms with Gasteiger partial charge in [0.2, 0.25) is 76.8 Å². The fourth-order valence-electron chi connectivity index (χ4n) is 13.9. The lowest BCUT2D eigenvalue weighted by Gasteiger charge is -2.29. The van der Waals surface area contributed by atoms with E-state index in [-0.39, 0.29) is 133 Å². The van der Waals surface area contributed by atoms with Crippen molar-refractivity contribution in [2.45, 2.75) is 320 Å². The number of carbonyl (C=O) groups excluding carboxylic acids is 13. The molecule has 124 heavy (non-hydrogen) atoms. The predicted octanol–water partition coefficient (Wildman–Crippen LogP) is 1.09. The third-order valence-corrected chi connectivity index (χ3v) is 20.8. The summed E-state index contributed by atoms with van der Waals surface area (Å²) in [6.45, 7) is 13.6. The fourth-order valence-corrected chi connectivity index (χ4v) is 13.9. The van der Waals surface area contributed by atoms with Gasteiger partial charge >= 0.3 is 5.97 Å². The number of carboxylic acids is 1. The highest BCUT2D eigenvalue weighted by Crippen LogP contribution is 2.21. The topological polar surface area (TPSA) is 646 Å². The molecule has 0 fully saturated rings. The van der Waals surface area contributed by atoms with Crippen molar-refractivity contribution in [2.24, 2.45) is 62.0 Å². The number of aliphatic hydroxyl groups is 1. The molecule has 2 aromatic carbocycles. The number of para-hydroxylation sites is 1. The molecule has 0 aliphatic heterocycles. The summed E-state index contributed by atoms with van der Waals surface area (Å²) in [5.41, 5.74) is 41.2. The molecule has 0 bridgehead atoms. The summed E-state index contributed by atoms with van der Waals surface area (Å²) in [5, 5.41) is 53.6. The van der Waals surface area contributed by atoms with Gasteiger partial charge in [-0.05, 0) is 146 Å². The SMILES string of the molecule is CCCCCCCCCCCCCCCC(=O)N[C@@H](Cc1c[nH]c2ccccc12)C(=O)N[C@H](C(=O)N[C@@H](CC(C)C)C(=O)N[C@@H](C)C(=O)N[C@@H](CC(C)C)C(=O)N[C@@H](CC(=O)O)C(=O)NC(Cc1ccccc1)C(=O)N[C@@H](CCCCN)C(=O)N[C@@H](CCCN=C(N)N)C(=O)N[C@@H](CCCCN)C(=O)N[C@@H](C)C(=O)N[C@@H](CCCN=C(N)N)C(N)=O)[C@@H](C)O. The number of aliphatic hydroxyl groups excluding tert-OH is 1. The van der Waals surface area contributed by atoms with E-state index in [1.54, 1.807) is 64.2 Å². The number of fused-ring (bicyclic) bond motifs is 1. The van der Waals surface area contributed by atoms with Crippen LogP contribution in [0.3, 0.4) is 0 Å². The number of nitrogens with one attached hydrogen (secondary N) is 13. The normalized spacial score (nSPS) is 14.4. The molecule has 1 aromatic heterocycles. The minimum atomic E-state index is -1.94. The molecule has 13 amide bonds. The van der Waals surface area contributed by atoms with E-state index >= 15 is 0 Å². The smallest absolute Gasteiger partial charge is 0.305 e. The Hall–Kier alpha value is -11.0. The molecule has 3 aromatic rings. The van der Waals surface area contributed by atoms with Crippen LogP contribution >= 0.6 is 0 Å². The zero-order chi connectivity index (χ0) is 92.2. The van der Waals surface area contributed by atoms with Gasteiger partial charge in [0.15, 0.2) is 11.9 Å². The standard InChI is InChI=1S/C86H144N22O16/c1-9-10-11-12-13-14-15-16-17-18-19-20-24-41-70(110)99-68(49-58-51-96-60-36-26-25-35-59(58)60)83(123)108-72(56(8)109)84(124)107-65(46-52(2)3)79(119)98-55(7)75(115)104-66(47-53(4)5)80(120)106-69(50-71(111)112)82(122)105-67(48-57-33-22-21-23-34-57)81(121)103-63(38-28-30-43-88)77(117)102-64(40-32-45-95-86(92)93)78(118)101-62(37-27-29-42-87)76(116)97-54(6)74(114)100-61(73(89)113)39-31-44-94-85(90)91/h21-23,25-26,33-36,51-56,61-69,72,96,109H,9-20,24,27-32,37-50,87-88H2,1-8H3,(H2,89,113)(H,97,116)(H,98,119)(H,99,110)(H,100,114)(H,101,118)(H,102,117)(H,103,121)(H,104,115)(H,105,122)(H,106,120)(H,107,124)(H,108,123)(H,111,112)(H4,90,91,94)(H4,92,93,95)/t54-,55-,56+,61-,62-,63-,64-,65-,66-,67?,68-,69-,72-/m0/s1. The molecule has 0 radical (unpaired) electrons. The summed E-state index contributed by atoms with van der Waals surface area (Å²) >= 11 is 0. The molecule has 0 saturated heterocycles. The van der Waals surface area contributed by atoms with Gasteiger partial charge in [-0.25, -0.2) is 0 Å². The highest BCUT2D eigenvalue weighted by Gasteiger charge is 2.38. The van der Waals surface area contributed by atoms with Crippen LogP contribution in [0.25, 0.3) is 10.9 Å². The molecule has 1 unspecified atom stereocenters. The summed E-state index contributed by atoms with van der Waals surface area (Å²) in [4.78, 5) is 208. The molecule has 38 heteroatoms. The van der Waals surface area contributed by atoms with E-state index in [1.165, 1.54) is 72.1 Å². The van der Waals surface area contributed by atoms with E-state index < -0.39 is 162 Å². The van der Waals surface area contributed by atoms with E-state index in [0.29, 0.717) is 36.8 Å². The van der Waals surface area contributed by atoms with Crippen molar-refractivity contribution in [1.82, 2.24) is 68.8 Å². The summed E-state index contributed by atoms with van der Waals surface area (Å²) in [6.07, 6.45) is 15.0. The molecule has 38 nitrogen and oxygen atoms in total. The number of aliphatic imine (C=N–C) groups is 2. The molecule has 1 heterocycles. The number of nitrogens with two attached hydrogens (primary N) is 7. The van der Waals surface area contributed by atoms with E-state index in [9.17, 15) is 77.3 Å². The Labute approximate surface area is 728 Å². The van der Waals surface area contributed by atoms with Crippen LogP contribution in [0.5, 0.6) is 0 Å². The number of primary amides is 1. The van der Waals surface area contributed by atoms with Crippen molar-refractivity contribution in [3.8, 4) is 0 Å². The highest BCUT2D eigenvalue weighted by atomic mass is 16.4. The second-order valence-electron chi connectivity index (χ2n) is 32.8. The number of hydrogen-bond donors (Lipinski definition) is 22. The number of nitrogens with zero attached hydrogens (tertiary/aromatic N) is 2. The number of aliphatic carboxylic acids is 1. The van der Waals surface area contributed by atoms with Crippen molar-refractivity contribution in [3.05, 3.63) is 71.9 Å². The van der Waals surface area contributed by atoms with Crippen LogP contribution in [0, 0.1) is 11.8 Å². The third kappa shape index (κ3) is 43.3. The quantitative estimate of drug-likeness (QED) is 0.0214. The molecular weight excluding hydrogens is 1600 g/mol. The summed E-state index contributed by atoms with van der Waals surface area (Å²) in [5.74, 6) is -14.0. The first kappa shape index (κ1) is 107. The number of hydrogen-bond acceptors (Lipinski definition) is 19. The molecule has 0 saturated carbocycles. The Morgan fingerprint density at radius 1 is 0.387 bits per heavy atom. The van der Waals surface area contributed by atoms with Gasteiger partial charge in [-0.1, -0.05) is 160 Å². The summed E-state index contributed by atoms with van der Waals surface area (Å²) in [6, 6.07) is -1.76. The first-order chi connectivity index (χ1) is 59.0. The second-order valence-corrected chi connectivity index (χ2v) is 32.8. The van der Waals surface area contributed by atoms with Crippen LogP contribution in [0.1, 0.15) is 240 Å². The Bertz CT molecular complexity index is 3890. The zero-order valence-electron chi connectivity index (χ0n) is 73.8. The van der Waals surface area contributed by atoms with Crippen LogP contribution in [0.2, 0.25) is 0 Å². The summed E-state index contributed by atoms with van der Waals surface area (Å²) < 4.78 is 0. The molecular formula is C86H144N22O16. The van der Waals surface area contributed by atoms with Crippen molar-refractivity contribution in [3.63, 3.8) is 0 Å². The van der Waals surface area contributed by atoms with E-state index in [0.717, 1.165) is 36.6 Å². The molecule has 29 N–H and O–H groups in total. The van der Waals surface area contributed by atoms with Crippen molar-refractivity contribution < 1.29 is 77.3 Å². The number of guanidine groups is 2. The molecule has 3 rings (SSSR count). The van der Waals surface area contributed by atoms with E-state index in [4.69, 9.17) is 40.1 Å². The van der Waals surface area contributed by atoms with E-state index in [1.807, 2.05) is 24.3 Å².